The van der Waals surface area contributed by atoms with Gasteiger partial charge in [0.15, 0.2) is 6.61 Å². The van der Waals surface area contributed by atoms with Gasteiger partial charge in [-0.3, -0.25) is 4.79 Å². The van der Waals surface area contributed by atoms with Gasteiger partial charge in [0.1, 0.15) is 17.3 Å². The van der Waals surface area contributed by atoms with Crippen molar-refractivity contribution in [3.63, 3.8) is 0 Å². The van der Waals surface area contributed by atoms with Crippen molar-refractivity contribution in [2.75, 3.05) is 6.61 Å². The Kier molecular flexibility index (Phi) is 6.69. The van der Waals surface area contributed by atoms with E-state index in [4.69, 9.17) is 32.4 Å². The number of hydrogen-bond acceptors (Lipinski definition) is 4. The van der Waals surface area contributed by atoms with E-state index in [2.05, 4.69) is 10.5 Å². The lowest BCUT2D eigenvalue weighted by molar-refractivity contribution is -0.137. The first-order valence-corrected chi connectivity index (χ1v) is 9.15. The van der Waals surface area contributed by atoms with Crippen LogP contribution in [-0.2, 0) is 11.0 Å². The number of hydrogen-bond donors (Lipinski definition) is 1. The molecule has 156 valence electrons. The zero-order valence-corrected chi connectivity index (χ0v) is 16.6. The van der Waals surface area contributed by atoms with E-state index in [9.17, 15) is 18.0 Å². The van der Waals surface area contributed by atoms with E-state index in [0.717, 1.165) is 12.1 Å². The number of halogens is 5. The number of amides is 1. The number of furan rings is 1. The first kappa shape index (κ1) is 21.7. The quantitative estimate of drug-likeness (QED) is 0.376. The number of carbonyl (C=O) groups is 1. The lowest BCUT2D eigenvalue weighted by Gasteiger charge is -2.07. The molecule has 0 aliphatic carbocycles. The number of benzene rings is 2. The number of hydrazone groups is 1. The highest BCUT2D eigenvalue weighted by Gasteiger charge is 2.30. The smallest absolute Gasteiger partial charge is 0.416 e. The van der Waals surface area contributed by atoms with Crippen LogP contribution < -0.4 is 10.2 Å². The topological polar surface area (TPSA) is 63.8 Å². The summed E-state index contributed by atoms with van der Waals surface area (Å²) in [6.45, 7) is -0.341. The van der Waals surface area contributed by atoms with Crippen molar-refractivity contribution in [2.45, 2.75) is 6.18 Å². The molecule has 3 rings (SSSR count). The monoisotopic (exact) mass is 456 g/mol. The maximum atomic E-state index is 12.8. The van der Waals surface area contributed by atoms with E-state index in [0.29, 0.717) is 5.02 Å². The average molecular weight is 457 g/mol. The molecule has 0 saturated heterocycles. The van der Waals surface area contributed by atoms with Crippen molar-refractivity contribution in [3.8, 4) is 17.1 Å². The summed E-state index contributed by atoms with van der Waals surface area (Å²) in [6.07, 6.45) is -3.24. The minimum absolute atomic E-state index is 0.231. The molecule has 0 bridgehead atoms. The van der Waals surface area contributed by atoms with Crippen LogP contribution in [0, 0.1) is 0 Å². The Morgan fingerprint density at radius 1 is 1.13 bits per heavy atom. The van der Waals surface area contributed by atoms with Gasteiger partial charge in [0, 0.05) is 10.6 Å². The lowest BCUT2D eigenvalue weighted by atomic mass is 10.1. The van der Waals surface area contributed by atoms with Crippen LogP contribution in [0.3, 0.4) is 0 Å². The summed E-state index contributed by atoms with van der Waals surface area (Å²) < 4.78 is 49.2. The van der Waals surface area contributed by atoms with Gasteiger partial charge < -0.3 is 9.15 Å². The highest BCUT2D eigenvalue weighted by molar-refractivity contribution is 6.35. The van der Waals surface area contributed by atoms with Crippen LogP contribution in [0.5, 0.6) is 5.75 Å². The summed E-state index contributed by atoms with van der Waals surface area (Å²) in [5.41, 5.74) is 1.73. The molecule has 2 aromatic carbocycles. The van der Waals surface area contributed by atoms with Gasteiger partial charge in [0.25, 0.3) is 5.91 Å². The summed E-state index contributed by atoms with van der Waals surface area (Å²) >= 11 is 11.7. The molecule has 5 nitrogen and oxygen atoms in total. The van der Waals surface area contributed by atoms with Crippen molar-refractivity contribution in [2.24, 2.45) is 5.10 Å². The normalized spacial score (nSPS) is 11.6. The molecular formula is C20H13Cl2F3N2O3. The third-order valence-corrected chi connectivity index (χ3v) is 4.27. The molecule has 0 fully saturated rings. The fraction of sp³-hybridized carbons (Fsp3) is 0.100. The van der Waals surface area contributed by atoms with Gasteiger partial charge in [0.05, 0.1) is 16.8 Å². The second kappa shape index (κ2) is 9.23. The number of ether oxygens (including phenoxy) is 1. The second-order valence-corrected chi connectivity index (χ2v) is 6.78. The lowest BCUT2D eigenvalue weighted by Crippen LogP contribution is -2.24. The highest BCUT2D eigenvalue weighted by Crippen LogP contribution is 2.32. The van der Waals surface area contributed by atoms with Crippen molar-refractivity contribution in [1.29, 1.82) is 0 Å². The van der Waals surface area contributed by atoms with Crippen molar-refractivity contribution in [3.05, 3.63) is 76.0 Å². The highest BCUT2D eigenvalue weighted by atomic mass is 35.5. The molecule has 0 unspecified atom stereocenters. The van der Waals surface area contributed by atoms with Gasteiger partial charge in [-0.1, -0.05) is 35.3 Å². The average Bonchev–Trinajstić information content (AvgIpc) is 3.16. The number of alkyl halides is 3. The minimum atomic E-state index is -4.45. The number of carbonyl (C=O) groups excluding carboxylic acids is 1. The molecule has 0 spiro atoms. The first-order valence-electron chi connectivity index (χ1n) is 8.39. The Balaban J connectivity index is 1.56. The standard InChI is InChI=1S/C20H13Cl2F3N2O3/c21-14-4-6-18(16(22)9-14)29-11-19(28)27-26-10-15-5-7-17(30-15)12-2-1-3-13(8-12)20(23,24)25/h1-10H,11H2,(H,27,28)/b26-10+. The van der Waals surface area contributed by atoms with Crippen LogP contribution in [0.15, 0.2) is 64.1 Å². The molecule has 0 atom stereocenters. The van der Waals surface area contributed by atoms with Crippen molar-refractivity contribution < 1.29 is 27.1 Å². The molecule has 0 saturated carbocycles. The zero-order valence-electron chi connectivity index (χ0n) is 15.0. The van der Waals surface area contributed by atoms with E-state index in [-0.39, 0.29) is 34.5 Å². The van der Waals surface area contributed by atoms with Gasteiger partial charge in [-0.15, -0.1) is 0 Å². The molecule has 0 aliphatic heterocycles. The second-order valence-electron chi connectivity index (χ2n) is 5.94. The molecule has 1 aromatic heterocycles. The van der Waals surface area contributed by atoms with Gasteiger partial charge in [0.2, 0.25) is 0 Å². The van der Waals surface area contributed by atoms with E-state index in [1.807, 2.05) is 0 Å². The molecule has 0 radical (unpaired) electrons. The van der Waals surface area contributed by atoms with Crippen molar-refractivity contribution >= 4 is 35.3 Å². The Morgan fingerprint density at radius 2 is 1.93 bits per heavy atom. The molecular weight excluding hydrogens is 444 g/mol. The first-order chi connectivity index (χ1) is 14.2. The Labute approximate surface area is 179 Å². The molecule has 30 heavy (non-hydrogen) atoms. The predicted octanol–water partition coefficient (Wildman–Crippen LogP) is 5.80. The summed E-state index contributed by atoms with van der Waals surface area (Å²) in [5.74, 6) is 0.206. The van der Waals surface area contributed by atoms with Gasteiger partial charge in [-0.25, -0.2) is 5.43 Å². The number of nitrogens with zero attached hydrogens (tertiary/aromatic N) is 1. The Morgan fingerprint density at radius 3 is 2.67 bits per heavy atom. The van der Waals surface area contributed by atoms with Crippen LogP contribution in [0.25, 0.3) is 11.3 Å². The summed E-state index contributed by atoms with van der Waals surface area (Å²) in [6, 6.07) is 12.3. The van der Waals surface area contributed by atoms with Gasteiger partial charge in [-0.2, -0.15) is 18.3 Å². The van der Waals surface area contributed by atoms with Crippen LogP contribution in [0.2, 0.25) is 10.0 Å². The number of nitrogens with one attached hydrogen (secondary N) is 1. The third-order valence-electron chi connectivity index (χ3n) is 3.73. The third kappa shape index (κ3) is 5.77. The largest absolute Gasteiger partial charge is 0.482 e. The van der Waals surface area contributed by atoms with Crippen LogP contribution in [0.1, 0.15) is 11.3 Å². The van der Waals surface area contributed by atoms with E-state index >= 15 is 0 Å². The fourth-order valence-electron chi connectivity index (χ4n) is 2.36. The van der Waals surface area contributed by atoms with E-state index in [1.54, 1.807) is 6.07 Å². The summed E-state index contributed by atoms with van der Waals surface area (Å²) in [5, 5.41) is 4.42. The Bertz CT molecular complexity index is 1080. The molecule has 1 amide bonds. The molecule has 10 heteroatoms. The number of rotatable bonds is 6. The predicted molar refractivity (Wildman–Crippen MR) is 107 cm³/mol. The van der Waals surface area contributed by atoms with Gasteiger partial charge in [-0.05, 0) is 42.5 Å². The van der Waals surface area contributed by atoms with Gasteiger partial charge >= 0.3 is 6.18 Å². The SMILES string of the molecule is O=C(COc1ccc(Cl)cc1Cl)N/N=C/c1ccc(-c2cccc(C(F)(F)F)c2)o1. The van der Waals surface area contributed by atoms with E-state index < -0.39 is 17.6 Å². The molecule has 1 N–H and O–H groups in total. The zero-order chi connectivity index (χ0) is 21.7. The van der Waals surface area contributed by atoms with Crippen molar-refractivity contribution in [1.82, 2.24) is 5.43 Å². The van der Waals surface area contributed by atoms with Crippen LogP contribution >= 0.6 is 23.2 Å². The minimum Gasteiger partial charge on any atom is -0.482 e. The molecule has 1 heterocycles. The molecule has 3 aromatic rings. The maximum Gasteiger partial charge on any atom is 0.416 e. The summed E-state index contributed by atoms with van der Waals surface area (Å²) in [4.78, 5) is 11.8. The van der Waals surface area contributed by atoms with Crippen LogP contribution in [0.4, 0.5) is 13.2 Å². The van der Waals surface area contributed by atoms with Crippen LogP contribution in [-0.4, -0.2) is 18.7 Å². The Hall–Kier alpha value is -2.97. The fourth-order valence-corrected chi connectivity index (χ4v) is 2.82. The molecule has 0 aliphatic rings. The van der Waals surface area contributed by atoms with E-state index in [1.165, 1.54) is 42.6 Å². The summed E-state index contributed by atoms with van der Waals surface area (Å²) in [7, 11) is 0. The maximum absolute atomic E-state index is 12.8.